The first kappa shape index (κ1) is 12.9. The van der Waals surface area contributed by atoms with E-state index >= 15 is 0 Å². The van der Waals surface area contributed by atoms with Gasteiger partial charge in [-0.2, -0.15) is 0 Å². The van der Waals surface area contributed by atoms with E-state index in [2.05, 4.69) is 17.4 Å². The van der Waals surface area contributed by atoms with Crippen LogP contribution < -0.4 is 5.32 Å². The first-order valence-electron chi connectivity index (χ1n) is 6.31. The second-order valence-electron chi connectivity index (χ2n) is 4.69. The Kier molecular flexibility index (Phi) is 4.43. The van der Waals surface area contributed by atoms with Gasteiger partial charge in [-0.3, -0.25) is 0 Å². The van der Waals surface area contributed by atoms with Crippen LogP contribution in [-0.2, 0) is 10.2 Å². The van der Waals surface area contributed by atoms with Crippen molar-refractivity contribution in [2.24, 2.45) is 0 Å². The van der Waals surface area contributed by atoms with Gasteiger partial charge in [-0.25, -0.2) is 0 Å². The highest BCUT2D eigenvalue weighted by Gasteiger charge is 2.37. The molecule has 0 bridgehead atoms. The predicted octanol–water partition coefficient (Wildman–Crippen LogP) is 3.00. The van der Waals surface area contributed by atoms with E-state index in [1.165, 1.54) is 12.0 Å². The van der Waals surface area contributed by atoms with Gasteiger partial charge in [0.1, 0.15) is 0 Å². The first-order chi connectivity index (χ1) is 8.27. The summed E-state index contributed by atoms with van der Waals surface area (Å²) >= 11 is 6.07. The Morgan fingerprint density at radius 3 is 2.82 bits per heavy atom. The summed E-state index contributed by atoms with van der Waals surface area (Å²) < 4.78 is 5.41. The van der Waals surface area contributed by atoms with E-state index in [4.69, 9.17) is 16.3 Å². The quantitative estimate of drug-likeness (QED) is 0.787. The second kappa shape index (κ2) is 5.85. The van der Waals surface area contributed by atoms with Crippen molar-refractivity contribution in [3.05, 3.63) is 34.9 Å². The summed E-state index contributed by atoms with van der Waals surface area (Å²) in [5.74, 6) is 0. The molecule has 17 heavy (non-hydrogen) atoms. The molecule has 1 heterocycles. The molecule has 1 saturated heterocycles. The minimum absolute atomic E-state index is 0.280. The SMILES string of the molecule is CCOCCCC1(c2cccc(Cl)c2)CNC1. The van der Waals surface area contributed by atoms with E-state index in [-0.39, 0.29) is 5.41 Å². The van der Waals surface area contributed by atoms with Gasteiger partial charge >= 0.3 is 0 Å². The van der Waals surface area contributed by atoms with Crippen LogP contribution in [0.3, 0.4) is 0 Å². The minimum Gasteiger partial charge on any atom is -0.382 e. The molecule has 1 aromatic carbocycles. The Bertz CT molecular complexity index is 363. The number of hydrogen-bond acceptors (Lipinski definition) is 2. The number of halogens is 1. The molecule has 0 unspecified atom stereocenters. The third-order valence-electron chi connectivity index (χ3n) is 3.51. The van der Waals surface area contributed by atoms with E-state index in [9.17, 15) is 0 Å². The molecule has 0 aromatic heterocycles. The standard InChI is InChI=1S/C14H20ClNO/c1-2-17-8-4-7-14(10-16-11-14)12-5-3-6-13(15)9-12/h3,5-6,9,16H,2,4,7-8,10-11H2,1H3. The molecule has 94 valence electrons. The maximum Gasteiger partial charge on any atom is 0.0466 e. The Morgan fingerprint density at radius 1 is 1.41 bits per heavy atom. The van der Waals surface area contributed by atoms with Gasteiger partial charge in [0.25, 0.3) is 0 Å². The lowest BCUT2D eigenvalue weighted by Crippen LogP contribution is -2.56. The van der Waals surface area contributed by atoms with E-state index in [1.54, 1.807) is 0 Å². The van der Waals surface area contributed by atoms with Crippen LogP contribution in [0.15, 0.2) is 24.3 Å². The Balaban J connectivity index is 1.99. The molecule has 0 saturated carbocycles. The Labute approximate surface area is 108 Å². The van der Waals surface area contributed by atoms with Crippen molar-refractivity contribution in [2.75, 3.05) is 26.3 Å². The largest absolute Gasteiger partial charge is 0.382 e. The van der Waals surface area contributed by atoms with Crippen molar-refractivity contribution in [1.29, 1.82) is 0 Å². The number of rotatable bonds is 6. The number of ether oxygens (including phenoxy) is 1. The number of benzene rings is 1. The first-order valence-corrected chi connectivity index (χ1v) is 6.69. The molecule has 0 spiro atoms. The fourth-order valence-electron chi connectivity index (χ4n) is 2.43. The molecule has 3 heteroatoms. The van der Waals surface area contributed by atoms with Gasteiger partial charge in [0.2, 0.25) is 0 Å². The summed E-state index contributed by atoms with van der Waals surface area (Å²) in [6.45, 7) is 5.82. The van der Waals surface area contributed by atoms with Gasteiger partial charge in [-0.15, -0.1) is 0 Å². The zero-order valence-corrected chi connectivity index (χ0v) is 11.1. The maximum absolute atomic E-state index is 6.07. The highest BCUT2D eigenvalue weighted by atomic mass is 35.5. The van der Waals surface area contributed by atoms with Crippen LogP contribution in [0.1, 0.15) is 25.3 Å². The summed E-state index contributed by atoms with van der Waals surface area (Å²) in [6.07, 6.45) is 2.28. The Morgan fingerprint density at radius 2 is 2.24 bits per heavy atom. The lowest BCUT2D eigenvalue weighted by Gasteiger charge is -2.43. The van der Waals surface area contributed by atoms with E-state index in [1.807, 2.05) is 19.1 Å². The van der Waals surface area contributed by atoms with E-state index in [0.717, 1.165) is 37.7 Å². The lowest BCUT2D eigenvalue weighted by molar-refractivity contribution is 0.129. The molecule has 0 atom stereocenters. The summed E-state index contributed by atoms with van der Waals surface area (Å²) in [7, 11) is 0. The zero-order valence-electron chi connectivity index (χ0n) is 10.3. The van der Waals surface area contributed by atoms with Gasteiger partial charge in [-0.05, 0) is 37.5 Å². The van der Waals surface area contributed by atoms with Crippen LogP contribution in [0.4, 0.5) is 0 Å². The topological polar surface area (TPSA) is 21.3 Å². The van der Waals surface area contributed by atoms with Crippen molar-refractivity contribution in [3.8, 4) is 0 Å². The molecule has 1 aromatic rings. The van der Waals surface area contributed by atoms with Crippen molar-refractivity contribution in [1.82, 2.24) is 5.32 Å². The van der Waals surface area contributed by atoms with Gasteiger partial charge in [0.05, 0.1) is 0 Å². The van der Waals surface area contributed by atoms with Gasteiger partial charge < -0.3 is 10.1 Å². The van der Waals surface area contributed by atoms with Crippen molar-refractivity contribution in [2.45, 2.75) is 25.2 Å². The number of hydrogen-bond donors (Lipinski definition) is 1. The second-order valence-corrected chi connectivity index (χ2v) is 5.13. The van der Waals surface area contributed by atoms with Gasteiger partial charge in [0, 0.05) is 36.7 Å². The normalized spacial score (nSPS) is 17.8. The van der Waals surface area contributed by atoms with Crippen LogP contribution in [-0.4, -0.2) is 26.3 Å². The molecule has 2 nitrogen and oxygen atoms in total. The molecular weight excluding hydrogens is 234 g/mol. The van der Waals surface area contributed by atoms with E-state index < -0.39 is 0 Å². The summed E-state index contributed by atoms with van der Waals surface area (Å²) in [5, 5.41) is 4.21. The molecule has 0 radical (unpaired) electrons. The third-order valence-corrected chi connectivity index (χ3v) is 3.75. The highest BCUT2D eigenvalue weighted by Crippen LogP contribution is 2.34. The number of nitrogens with one attached hydrogen (secondary N) is 1. The fraction of sp³-hybridized carbons (Fsp3) is 0.571. The summed E-state index contributed by atoms with van der Waals surface area (Å²) in [6, 6.07) is 8.27. The molecular formula is C14H20ClNO. The van der Waals surface area contributed by atoms with Crippen LogP contribution in [0.2, 0.25) is 5.02 Å². The monoisotopic (exact) mass is 253 g/mol. The predicted molar refractivity (Wildman–Crippen MR) is 71.7 cm³/mol. The molecule has 1 N–H and O–H groups in total. The van der Waals surface area contributed by atoms with Crippen LogP contribution in [0.5, 0.6) is 0 Å². The molecule has 0 amide bonds. The van der Waals surface area contributed by atoms with Crippen LogP contribution >= 0.6 is 11.6 Å². The smallest absolute Gasteiger partial charge is 0.0466 e. The summed E-state index contributed by atoms with van der Waals surface area (Å²) in [4.78, 5) is 0. The van der Waals surface area contributed by atoms with Gasteiger partial charge in [0.15, 0.2) is 0 Å². The third kappa shape index (κ3) is 3.01. The van der Waals surface area contributed by atoms with E-state index in [0.29, 0.717) is 0 Å². The minimum atomic E-state index is 0.280. The highest BCUT2D eigenvalue weighted by molar-refractivity contribution is 6.30. The van der Waals surface area contributed by atoms with Crippen LogP contribution in [0.25, 0.3) is 0 Å². The van der Waals surface area contributed by atoms with Crippen LogP contribution in [0, 0.1) is 0 Å². The lowest BCUT2D eigenvalue weighted by atomic mass is 9.72. The summed E-state index contributed by atoms with van der Waals surface area (Å²) in [5.41, 5.74) is 1.64. The fourth-order valence-corrected chi connectivity index (χ4v) is 2.62. The zero-order chi connectivity index (χ0) is 12.1. The maximum atomic E-state index is 6.07. The molecule has 1 fully saturated rings. The van der Waals surface area contributed by atoms with Crippen molar-refractivity contribution < 1.29 is 4.74 Å². The van der Waals surface area contributed by atoms with Gasteiger partial charge in [-0.1, -0.05) is 23.7 Å². The van der Waals surface area contributed by atoms with Crippen molar-refractivity contribution in [3.63, 3.8) is 0 Å². The average molecular weight is 254 g/mol. The molecule has 2 rings (SSSR count). The molecule has 1 aliphatic rings. The Hall–Kier alpha value is -0.570. The average Bonchev–Trinajstić information content (AvgIpc) is 2.27. The molecule has 0 aliphatic carbocycles. The molecule has 1 aliphatic heterocycles. The van der Waals surface area contributed by atoms with Crippen molar-refractivity contribution >= 4 is 11.6 Å².